The highest BCUT2D eigenvalue weighted by molar-refractivity contribution is 5.99. The second kappa shape index (κ2) is 7.05. The zero-order valence-corrected chi connectivity index (χ0v) is 17.2. The fraction of sp³-hybridized carbons (Fsp3) is 0.333. The van der Waals surface area contributed by atoms with E-state index in [0.717, 1.165) is 31.9 Å². The van der Waals surface area contributed by atoms with Crippen LogP contribution in [0.2, 0.25) is 0 Å². The third-order valence-electron chi connectivity index (χ3n) is 7.36. The van der Waals surface area contributed by atoms with Gasteiger partial charge in [0.25, 0.3) is 0 Å². The molecule has 3 fully saturated rings. The standard InChI is InChI=1S/C24H22F2N4O2/c25-14-8-16-17(11-28-23(16)27-10-14)15-9-18(22(26)30-7-1-2-19(15)30)29-21-13-5-3-12(4-6-13)20(21)24(31)32/h1-2,7-13,20-21,29H,3-6H2,(H,27,28)(H,31,32)/t12?,13?,20-,21-/m0/s1. The number of fused-ring (bicyclic) bond motifs is 5. The van der Waals surface area contributed by atoms with E-state index in [4.69, 9.17) is 0 Å². The fourth-order valence-electron chi connectivity index (χ4n) is 5.89. The summed E-state index contributed by atoms with van der Waals surface area (Å²) in [4.78, 5) is 19.2. The van der Waals surface area contributed by atoms with E-state index in [1.54, 1.807) is 30.6 Å². The van der Waals surface area contributed by atoms with Crippen molar-refractivity contribution in [2.24, 2.45) is 17.8 Å². The van der Waals surface area contributed by atoms with Crippen molar-refractivity contribution in [3.8, 4) is 11.1 Å². The van der Waals surface area contributed by atoms with Gasteiger partial charge in [0.2, 0.25) is 5.95 Å². The number of anilines is 1. The first-order valence-electron chi connectivity index (χ1n) is 10.9. The molecule has 4 aromatic rings. The number of pyridine rings is 2. The Bertz CT molecular complexity index is 1350. The molecule has 2 atom stereocenters. The van der Waals surface area contributed by atoms with Crippen molar-refractivity contribution in [3.05, 3.63) is 54.6 Å². The molecular formula is C24H22F2N4O2. The molecule has 0 spiro atoms. The molecule has 3 saturated carbocycles. The normalized spacial score (nSPS) is 24.9. The summed E-state index contributed by atoms with van der Waals surface area (Å²) in [5.74, 6) is -1.95. The van der Waals surface area contributed by atoms with Crippen LogP contribution in [0.5, 0.6) is 0 Å². The minimum absolute atomic E-state index is 0.121. The number of nitrogens with zero attached hydrogens (tertiary/aromatic N) is 2. The molecule has 164 valence electrons. The zero-order chi connectivity index (χ0) is 22.0. The van der Waals surface area contributed by atoms with Crippen molar-refractivity contribution in [1.82, 2.24) is 14.4 Å². The Morgan fingerprint density at radius 2 is 1.94 bits per heavy atom. The van der Waals surface area contributed by atoms with E-state index >= 15 is 4.39 Å². The first-order valence-corrected chi connectivity index (χ1v) is 10.9. The lowest BCUT2D eigenvalue weighted by atomic mass is 9.61. The number of aromatic amines is 1. The third kappa shape index (κ3) is 2.82. The lowest BCUT2D eigenvalue weighted by Crippen LogP contribution is -2.51. The highest BCUT2D eigenvalue weighted by atomic mass is 19.1. The van der Waals surface area contributed by atoms with Crippen LogP contribution in [0.4, 0.5) is 14.5 Å². The van der Waals surface area contributed by atoms with Crippen molar-refractivity contribution >= 4 is 28.2 Å². The number of rotatable bonds is 4. The number of aromatic nitrogens is 3. The second-order valence-electron chi connectivity index (χ2n) is 8.99. The average Bonchev–Trinajstić information content (AvgIpc) is 3.44. The van der Waals surface area contributed by atoms with Gasteiger partial charge >= 0.3 is 5.97 Å². The molecule has 4 aromatic heterocycles. The van der Waals surface area contributed by atoms with Gasteiger partial charge in [0.1, 0.15) is 11.5 Å². The molecular weight excluding hydrogens is 414 g/mol. The SMILES string of the molecule is O=C(O)[C@H]1C2CCC(CC2)[C@@H]1Nc1cc(-c2c[nH]c3ncc(F)cc23)c2cccn2c1F. The summed E-state index contributed by atoms with van der Waals surface area (Å²) in [6, 6.07) is 6.35. The predicted molar refractivity (Wildman–Crippen MR) is 116 cm³/mol. The molecule has 3 aliphatic rings. The van der Waals surface area contributed by atoms with E-state index < -0.39 is 23.7 Å². The Labute approximate surface area is 182 Å². The maximum atomic E-state index is 15.5. The summed E-state index contributed by atoms with van der Waals surface area (Å²) in [7, 11) is 0. The number of halogens is 2. The van der Waals surface area contributed by atoms with Gasteiger partial charge < -0.3 is 15.4 Å². The molecule has 4 heterocycles. The molecule has 0 unspecified atom stereocenters. The molecule has 8 heteroatoms. The zero-order valence-electron chi connectivity index (χ0n) is 17.2. The van der Waals surface area contributed by atoms with Crippen LogP contribution in [0.3, 0.4) is 0 Å². The fourth-order valence-corrected chi connectivity index (χ4v) is 5.89. The van der Waals surface area contributed by atoms with Crippen LogP contribution in [0.25, 0.3) is 27.7 Å². The van der Waals surface area contributed by atoms with Gasteiger partial charge in [-0.05, 0) is 61.8 Å². The quantitative estimate of drug-likeness (QED) is 0.391. The summed E-state index contributed by atoms with van der Waals surface area (Å²) in [5.41, 5.74) is 2.86. The van der Waals surface area contributed by atoms with E-state index in [1.165, 1.54) is 10.5 Å². The number of aliphatic carboxylic acids is 1. The molecule has 0 radical (unpaired) electrons. The Hall–Kier alpha value is -3.42. The van der Waals surface area contributed by atoms with E-state index in [9.17, 15) is 14.3 Å². The first kappa shape index (κ1) is 19.3. The molecule has 0 saturated heterocycles. The molecule has 0 amide bonds. The lowest BCUT2D eigenvalue weighted by molar-refractivity contribution is -0.148. The van der Waals surface area contributed by atoms with Gasteiger partial charge in [-0.25, -0.2) is 9.37 Å². The van der Waals surface area contributed by atoms with Crippen molar-refractivity contribution < 1.29 is 18.7 Å². The average molecular weight is 436 g/mol. The summed E-state index contributed by atoms with van der Waals surface area (Å²) < 4.78 is 30.9. The number of carboxylic acid groups (broad SMARTS) is 1. The topological polar surface area (TPSA) is 82.4 Å². The summed E-state index contributed by atoms with van der Waals surface area (Å²) in [5, 5.41) is 13.8. The molecule has 3 aliphatic carbocycles. The van der Waals surface area contributed by atoms with E-state index in [1.807, 2.05) is 0 Å². The van der Waals surface area contributed by atoms with Crippen molar-refractivity contribution in [1.29, 1.82) is 0 Å². The van der Waals surface area contributed by atoms with Crippen LogP contribution >= 0.6 is 0 Å². The van der Waals surface area contributed by atoms with Gasteiger partial charge in [0, 0.05) is 34.9 Å². The summed E-state index contributed by atoms with van der Waals surface area (Å²) in [6.07, 6.45) is 8.27. The smallest absolute Gasteiger partial charge is 0.308 e. The second-order valence-corrected chi connectivity index (χ2v) is 8.99. The Morgan fingerprint density at radius 1 is 1.16 bits per heavy atom. The van der Waals surface area contributed by atoms with Gasteiger partial charge in [-0.2, -0.15) is 4.39 Å². The number of H-pyrrole nitrogens is 1. The molecule has 6 nitrogen and oxygen atoms in total. The highest BCUT2D eigenvalue weighted by Gasteiger charge is 2.47. The van der Waals surface area contributed by atoms with Crippen molar-refractivity contribution in [3.63, 3.8) is 0 Å². The molecule has 32 heavy (non-hydrogen) atoms. The van der Waals surface area contributed by atoms with Crippen LogP contribution in [-0.2, 0) is 4.79 Å². The van der Waals surface area contributed by atoms with Gasteiger partial charge in [0.15, 0.2) is 0 Å². The number of carbonyl (C=O) groups is 1. The number of carboxylic acids is 1. The summed E-state index contributed by atoms with van der Waals surface area (Å²) in [6.45, 7) is 0. The van der Waals surface area contributed by atoms with Crippen LogP contribution in [0.1, 0.15) is 25.7 Å². The van der Waals surface area contributed by atoms with Crippen LogP contribution < -0.4 is 5.32 Å². The lowest BCUT2D eigenvalue weighted by Gasteiger charge is -2.47. The van der Waals surface area contributed by atoms with E-state index in [0.29, 0.717) is 27.7 Å². The van der Waals surface area contributed by atoms with Crippen molar-refractivity contribution in [2.45, 2.75) is 31.7 Å². The van der Waals surface area contributed by atoms with E-state index in [-0.39, 0.29) is 23.6 Å². The first-order chi connectivity index (χ1) is 15.5. The highest BCUT2D eigenvalue weighted by Crippen LogP contribution is 2.47. The number of hydrogen-bond donors (Lipinski definition) is 3. The minimum atomic E-state index is -0.822. The molecule has 3 N–H and O–H groups in total. The van der Waals surface area contributed by atoms with Gasteiger partial charge in [-0.15, -0.1) is 0 Å². The van der Waals surface area contributed by atoms with Gasteiger partial charge in [0.05, 0.1) is 23.3 Å². The number of hydrogen-bond acceptors (Lipinski definition) is 3. The van der Waals surface area contributed by atoms with Crippen LogP contribution in [0.15, 0.2) is 42.9 Å². The van der Waals surface area contributed by atoms with Gasteiger partial charge in [-0.1, -0.05) is 0 Å². The minimum Gasteiger partial charge on any atom is -0.481 e. The Morgan fingerprint density at radius 3 is 2.72 bits per heavy atom. The molecule has 2 bridgehead atoms. The van der Waals surface area contributed by atoms with Gasteiger partial charge in [-0.3, -0.25) is 9.20 Å². The monoisotopic (exact) mass is 436 g/mol. The largest absolute Gasteiger partial charge is 0.481 e. The van der Waals surface area contributed by atoms with Crippen LogP contribution in [-0.4, -0.2) is 31.5 Å². The predicted octanol–water partition coefficient (Wildman–Crippen LogP) is 5.06. The van der Waals surface area contributed by atoms with Crippen molar-refractivity contribution in [2.75, 3.05) is 5.32 Å². The maximum absolute atomic E-state index is 15.5. The summed E-state index contributed by atoms with van der Waals surface area (Å²) >= 11 is 0. The van der Waals surface area contributed by atoms with E-state index in [2.05, 4.69) is 15.3 Å². The number of nitrogens with one attached hydrogen (secondary N) is 2. The maximum Gasteiger partial charge on any atom is 0.308 e. The molecule has 7 rings (SSSR count). The third-order valence-corrected chi connectivity index (χ3v) is 7.36. The van der Waals surface area contributed by atoms with Crippen LogP contribution in [0, 0.1) is 29.5 Å². The Balaban J connectivity index is 1.49. The molecule has 0 aromatic carbocycles. The molecule has 0 aliphatic heterocycles. The Kier molecular flexibility index (Phi) is 4.25.